The van der Waals surface area contributed by atoms with Crippen molar-refractivity contribution in [2.45, 2.75) is 11.0 Å². The van der Waals surface area contributed by atoms with Crippen molar-refractivity contribution < 1.29 is 8.83 Å². The van der Waals surface area contributed by atoms with Gasteiger partial charge in [-0.05, 0) is 24.3 Å². The number of aromatic nitrogens is 5. The molecule has 0 aliphatic carbocycles. The Bertz CT molecular complexity index is 1310. The number of para-hydroxylation sites is 1. The molecule has 1 aromatic carbocycles. The molecule has 8 nitrogen and oxygen atoms in total. The number of nitrogens with one attached hydrogen (secondary N) is 1. The van der Waals surface area contributed by atoms with E-state index in [2.05, 4.69) is 25.1 Å². The lowest BCUT2D eigenvalue weighted by molar-refractivity contribution is 0.465. The Morgan fingerprint density at radius 1 is 1.04 bits per heavy atom. The van der Waals surface area contributed by atoms with Crippen molar-refractivity contribution in [1.82, 2.24) is 25.1 Å². The Balaban J connectivity index is 1.43. The lowest BCUT2D eigenvalue weighted by Crippen LogP contribution is -2.10. The Morgan fingerprint density at radius 2 is 1.89 bits per heavy atom. The highest BCUT2D eigenvalue weighted by atomic mass is 32.2. The summed E-state index contributed by atoms with van der Waals surface area (Å²) in [7, 11) is 0. The molecular weight excluding hydrogens is 366 g/mol. The van der Waals surface area contributed by atoms with Crippen LogP contribution in [-0.2, 0) is 5.75 Å². The summed E-state index contributed by atoms with van der Waals surface area (Å²) in [6.45, 7) is 0. The molecule has 4 aromatic heterocycles. The SMILES string of the molecule is O=c1[nH]c(CSc2nnc(-c3ccncc3)o2)nc2c1oc1ccccc12. The van der Waals surface area contributed by atoms with Crippen molar-refractivity contribution in [3.8, 4) is 11.5 Å². The van der Waals surface area contributed by atoms with E-state index >= 15 is 0 Å². The quantitative estimate of drug-likeness (QED) is 0.474. The number of hydrogen-bond acceptors (Lipinski definition) is 8. The second-order valence-electron chi connectivity index (χ2n) is 5.69. The van der Waals surface area contributed by atoms with E-state index in [9.17, 15) is 4.79 Å². The summed E-state index contributed by atoms with van der Waals surface area (Å²) in [5.74, 6) is 1.30. The van der Waals surface area contributed by atoms with E-state index in [0.29, 0.717) is 33.8 Å². The lowest BCUT2D eigenvalue weighted by Gasteiger charge is -1.98. The van der Waals surface area contributed by atoms with Crippen molar-refractivity contribution in [2.24, 2.45) is 0 Å². The fourth-order valence-electron chi connectivity index (χ4n) is 2.73. The second kappa shape index (κ2) is 6.36. The number of nitrogens with zero attached hydrogens (tertiary/aromatic N) is 4. The van der Waals surface area contributed by atoms with Crippen molar-refractivity contribution in [1.29, 1.82) is 0 Å². The third-order valence-corrected chi connectivity index (χ3v) is 4.78. The van der Waals surface area contributed by atoms with E-state index in [-0.39, 0.29) is 11.1 Å². The summed E-state index contributed by atoms with van der Waals surface area (Å²) >= 11 is 1.30. The molecule has 5 aromatic rings. The highest BCUT2D eigenvalue weighted by molar-refractivity contribution is 7.98. The molecule has 0 saturated heterocycles. The molecule has 9 heteroatoms. The molecule has 5 rings (SSSR count). The highest BCUT2D eigenvalue weighted by Gasteiger charge is 2.14. The Kier molecular flexibility index (Phi) is 3.72. The van der Waals surface area contributed by atoms with Crippen molar-refractivity contribution in [2.75, 3.05) is 0 Å². The average molecular weight is 377 g/mol. The minimum Gasteiger partial charge on any atom is -0.449 e. The van der Waals surface area contributed by atoms with Gasteiger partial charge < -0.3 is 13.8 Å². The van der Waals surface area contributed by atoms with E-state index in [4.69, 9.17) is 8.83 Å². The average Bonchev–Trinajstić information content (AvgIpc) is 3.32. The van der Waals surface area contributed by atoms with E-state index in [1.165, 1.54) is 11.8 Å². The third-order valence-electron chi connectivity index (χ3n) is 3.95. The standard InChI is InChI=1S/C18H11N5O3S/c24-16-15-14(11-3-1-2-4-12(11)25-15)20-13(21-16)9-27-18-23-22-17(26-18)10-5-7-19-8-6-10/h1-8H,9H2,(H,20,21,24). The molecule has 1 N–H and O–H groups in total. The van der Waals surface area contributed by atoms with Gasteiger partial charge in [0.15, 0.2) is 0 Å². The van der Waals surface area contributed by atoms with Gasteiger partial charge in [-0.15, -0.1) is 10.2 Å². The number of thioether (sulfide) groups is 1. The minimum atomic E-state index is -0.310. The van der Waals surface area contributed by atoms with E-state index in [1.54, 1.807) is 24.5 Å². The maximum absolute atomic E-state index is 12.3. The Hall–Kier alpha value is -3.46. The van der Waals surface area contributed by atoms with Gasteiger partial charge in [-0.25, -0.2) is 4.98 Å². The number of aromatic amines is 1. The molecule has 0 spiro atoms. The van der Waals surface area contributed by atoms with Gasteiger partial charge in [-0.3, -0.25) is 9.78 Å². The van der Waals surface area contributed by atoms with Crippen molar-refractivity contribution in [3.63, 3.8) is 0 Å². The maximum atomic E-state index is 12.3. The summed E-state index contributed by atoms with van der Waals surface area (Å²) in [6.07, 6.45) is 3.32. The van der Waals surface area contributed by atoms with Crippen LogP contribution in [0, 0.1) is 0 Å². The molecule has 0 amide bonds. The summed E-state index contributed by atoms with van der Waals surface area (Å²) in [5.41, 5.74) is 1.89. The highest BCUT2D eigenvalue weighted by Crippen LogP contribution is 2.27. The van der Waals surface area contributed by atoms with Gasteiger partial charge in [0, 0.05) is 23.3 Å². The van der Waals surface area contributed by atoms with Gasteiger partial charge in [0.05, 0.1) is 5.75 Å². The predicted octanol–water partition coefficient (Wildman–Crippen LogP) is 3.41. The Labute approximate surface area is 155 Å². The largest absolute Gasteiger partial charge is 0.449 e. The molecule has 0 radical (unpaired) electrons. The molecule has 0 aliphatic rings. The number of fused-ring (bicyclic) bond motifs is 3. The molecule has 0 fully saturated rings. The van der Waals surface area contributed by atoms with Gasteiger partial charge in [0.2, 0.25) is 11.5 Å². The number of benzene rings is 1. The van der Waals surface area contributed by atoms with Crippen LogP contribution in [-0.4, -0.2) is 25.1 Å². The number of hydrogen-bond donors (Lipinski definition) is 1. The van der Waals surface area contributed by atoms with E-state index in [0.717, 1.165) is 10.9 Å². The van der Waals surface area contributed by atoms with Gasteiger partial charge in [0.25, 0.3) is 10.8 Å². The minimum absolute atomic E-state index is 0.225. The van der Waals surface area contributed by atoms with Crippen molar-refractivity contribution in [3.05, 3.63) is 65.0 Å². The van der Waals surface area contributed by atoms with Crippen LogP contribution in [0.3, 0.4) is 0 Å². The van der Waals surface area contributed by atoms with Gasteiger partial charge in [0.1, 0.15) is 16.9 Å². The molecule has 4 heterocycles. The fraction of sp³-hybridized carbons (Fsp3) is 0.0556. The number of rotatable bonds is 4. The van der Waals surface area contributed by atoms with E-state index < -0.39 is 0 Å². The molecule has 0 bridgehead atoms. The van der Waals surface area contributed by atoms with E-state index in [1.807, 2.05) is 24.3 Å². The number of H-pyrrole nitrogens is 1. The molecule has 27 heavy (non-hydrogen) atoms. The second-order valence-corrected chi connectivity index (χ2v) is 6.61. The number of furan rings is 1. The van der Waals surface area contributed by atoms with Crippen LogP contribution in [0.2, 0.25) is 0 Å². The van der Waals surface area contributed by atoms with Crippen LogP contribution >= 0.6 is 11.8 Å². The predicted molar refractivity (Wildman–Crippen MR) is 99.2 cm³/mol. The summed E-state index contributed by atoms with van der Waals surface area (Å²) in [5, 5.41) is 9.24. The Morgan fingerprint density at radius 3 is 2.78 bits per heavy atom. The first-order chi connectivity index (χ1) is 13.3. The topological polar surface area (TPSA) is 111 Å². The van der Waals surface area contributed by atoms with Crippen LogP contribution in [0.5, 0.6) is 0 Å². The molecule has 0 saturated carbocycles. The normalized spacial score (nSPS) is 11.4. The molecule has 0 aliphatic heterocycles. The van der Waals surface area contributed by atoms with Gasteiger partial charge in [-0.1, -0.05) is 23.9 Å². The maximum Gasteiger partial charge on any atom is 0.294 e. The zero-order chi connectivity index (χ0) is 18.2. The summed E-state index contributed by atoms with van der Waals surface area (Å²) in [4.78, 5) is 23.5. The molecule has 0 atom stereocenters. The molecular formula is C18H11N5O3S. The monoisotopic (exact) mass is 377 g/mol. The zero-order valence-corrected chi connectivity index (χ0v) is 14.6. The third kappa shape index (κ3) is 2.87. The zero-order valence-electron chi connectivity index (χ0n) is 13.7. The van der Waals surface area contributed by atoms with Crippen molar-refractivity contribution >= 4 is 33.8 Å². The smallest absolute Gasteiger partial charge is 0.294 e. The van der Waals surface area contributed by atoms with Crippen LogP contribution < -0.4 is 5.56 Å². The lowest BCUT2D eigenvalue weighted by atomic mass is 10.2. The van der Waals surface area contributed by atoms with Crippen LogP contribution in [0.4, 0.5) is 0 Å². The van der Waals surface area contributed by atoms with Gasteiger partial charge in [-0.2, -0.15) is 0 Å². The molecule has 132 valence electrons. The summed E-state index contributed by atoms with van der Waals surface area (Å²) in [6, 6.07) is 11.0. The summed E-state index contributed by atoms with van der Waals surface area (Å²) < 4.78 is 11.2. The van der Waals surface area contributed by atoms with Gasteiger partial charge >= 0.3 is 0 Å². The first-order valence-electron chi connectivity index (χ1n) is 8.05. The first kappa shape index (κ1) is 15.8. The van der Waals surface area contributed by atoms with Crippen LogP contribution in [0.25, 0.3) is 33.5 Å². The fourth-order valence-corrected chi connectivity index (χ4v) is 3.36. The van der Waals surface area contributed by atoms with Crippen LogP contribution in [0.1, 0.15) is 5.82 Å². The molecule has 0 unspecified atom stereocenters. The van der Waals surface area contributed by atoms with Crippen LogP contribution in [0.15, 0.2) is 67.6 Å². The number of pyridine rings is 1. The first-order valence-corrected chi connectivity index (χ1v) is 9.03.